The number of anilines is 1. The van der Waals surface area contributed by atoms with Crippen LogP contribution < -0.4 is 5.32 Å². The molecule has 0 unspecified atom stereocenters. The Morgan fingerprint density at radius 1 is 1.33 bits per heavy atom. The van der Waals surface area contributed by atoms with Crippen LogP contribution in [0.4, 0.5) is 10.2 Å². The van der Waals surface area contributed by atoms with Gasteiger partial charge in [0, 0.05) is 0 Å². The number of benzene rings is 1. The summed E-state index contributed by atoms with van der Waals surface area (Å²) in [6.07, 6.45) is 2.59. The predicted octanol–water partition coefficient (Wildman–Crippen LogP) is 2.83. The van der Waals surface area contributed by atoms with E-state index in [9.17, 15) is 9.18 Å². The lowest BCUT2D eigenvalue weighted by molar-refractivity contribution is 0.102. The summed E-state index contributed by atoms with van der Waals surface area (Å²) in [7, 11) is 0. The van der Waals surface area contributed by atoms with Gasteiger partial charge in [-0.2, -0.15) is 0 Å². The number of carbonyl (C=O) groups excluding carboxylic acids is 1. The first-order chi connectivity index (χ1) is 8.58. The lowest BCUT2D eigenvalue weighted by Crippen LogP contribution is -2.15. The number of rotatable bonds is 2. The van der Waals surface area contributed by atoms with Crippen molar-refractivity contribution >= 4 is 23.3 Å². The molecule has 2 aromatic rings. The lowest BCUT2D eigenvalue weighted by atomic mass is 10.1. The Labute approximate surface area is 108 Å². The molecule has 1 heterocycles. The summed E-state index contributed by atoms with van der Waals surface area (Å²) in [5.74, 6) is -0.907. The number of amides is 1. The number of aromatic nitrogens is 2. The van der Waals surface area contributed by atoms with Crippen LogP contribution in [0.15, 0.2) is 30.6 Å². The van der Waals surface area contributed by atoms with E-state index in [2.05, 4.69) is 15.3 Å². The molecular formula is C12H9ClFN3O. The summed E-state index contributed by atoms with van der Waals surface area (Å²) in [5, 5.41) is 2.66. The van der Waals surface area contributed by atoms with Crippen LogP contribution in [0.1, 0.15) is 15.9 Å². The molecule has 0 fully saturated rings. The molecule has 0 radical (unpaired) electrons. The summed E-state index contributed by atoms with van der Waals surface area (Å²) in [6, 6.07) is 4.61. The minimum Gasteiger partial charge on any atom is -0.305 e. The van der Waals surface area contributed by atoms with Crippen LogP contribution in [-0.2, 0) is 0 Å². The number of nitrogens with one attached hydrogen (secondary N) is 1. The van der Waals surface area contributed by atoms with Gasteiger partial charge in [0.05, 0.1) is 18.0 Å². The molecule has 0 bridgehead atoms. The fourth-order valence-electron chi connectivity index (χ4n) is 1.38. The van der Waals surface area contributed by atoms with Crippen molar-refractivity contribution in [2.75, 3.05) is 5.32 Å². The second-order valence-electron chi connectivity index (χ2n) is 3.61. The highest BCUT2D eigenvalue weighted by Gasteiger charge is 2.13. The van der Waals surface area contributed by atoms with Gasteiger partial charge < -0.3 is 5.32 Å². The third kappa shape index (κ3) is 2.62. The van der Waals surface area contributed by atoms with Crippen LogP contribution in [0.5, 0.6) is 0 Å². The first kappa shape index (κ1) is 12.4. The Morgan fingerprint density at radius 2 is 2.11 bits per heavy atom. The molecule has 1 aromatic carbocycles. The summed E-state index contributed by atoms with van der Waals surface area (Å²) < 4.78 is 13.7. The summed E-state index contributed by atoms with van der Waals surface area (Å²) in [6.45, 7) is 1.59. The van der Waals surface area contributed by atoms with Gasteiger partial charge in [0.25, 0.3) is 5.91 Å². The average Bonchev–Trinajstić information content (AvgIpc) is 2.35. The Morgan fingerprint density at radius 3 is 2.78 bits per heavy atom. The van der Waals surface area contributed by atoms with Crippen LogP contribution in [0, 0.1) is 12.7 Å². The van der Waals surface area contributed by atoms with Gasteiger partial charge in [-0.05, 0) is 18.6 Å². The lowest BCUT2D eigenvalue weighted by Gasteiger charge is -2.06. The minimum atomic E-state index is -0.576. The van der Waals surface area contributed by atoms with E-state index in [0.717, 1.165) is 0 Å². The molecule has 0 aliphatic carbocycles. The summed E-state index contributed by atoms with van der Waals surface area (Å²) in [5.41, 5.74) is 0.372. The van der Waals surface area contributed by atoms with E-state index in [1.807, 2.05) is 0 Å². The minimum absolute atomic E-state index is 0.0354. The van der Waals surface area contributed by atoms with Crippen molar-refractivity contribution in [2.45, 2.75) is 6.92 Å². The molecule has 1 aromatic heterocycles. The van der Waals surface area contributed by atoms with Crippen LogP contribution in [-0.4, -0.2) is 15.9 Å². The molecule has 0 spiro atoms. The van der Waals surface area contributed by atoms with E-state index >= 15 is 0 Å². The van der Waals surface area contributed by atoms with Gasteiger partial charge in [-0.25, -0.2) is 14.4 Å². The number of halogens is 2. The Bertz CT molecular complexity index is 586. The maximum absolute atomic E-state index is 13.7. The van der Waals surface area contributed by atoms with Crippen molar-refractivity contribution in [3.8, 4) is 0 Å². The number of carbonyl (C=O) groups is 1. The molecule has 18 heavy (non-hydrogen) atoms. The van der Waals surface area contributed by atoms with E-state index in [1.54, 1.807) is 19.1 Å². The van der Waals surface area contributed by atoms with Gasteiger partial charge in [-0.3, -0.25) is 4.79 Å². The second kappa shape index (κ2) is 5.10. The molecule has 0 atom stereocenters. The van der Waals surface area contributed by atoms with E-state index in [0.29, 0.717) is 5.56 Å². The van der Waals surface area contributed by atoms with Crippen molar-refractivity contribution in [1.29, 1.82) is 0 Å². The third-order valence-electron chi connectivity index (χ3n) is 2.30. The molecule has 0 saturated heterocycles. The van der Waals surface area contributed by atoms with Gasteiger partial charge in [-0.15, -0.1) is 0 Å². The monoisotopic (exact) mass is 265 g/mol. The zero-order valence-corrected chi connectivity index (χ0v) is 10.2. The highest BCUT2D eigenvalue weighted by atomic mass is 35.5. The molecule has 4 nitrogen and oxygen atoms in total. The largest absolute Gasteiger partial charge is 0.305 e. The smallest absolute Gasteiger partial charge is 0.259 e. The predicted molar refractivity (Wildman–Crippen MR) is 66.1 cm³/mol. The maximum Gasteiger partial charge on any atom is 0.259 e. The topological polar surface area (TPSA) is 54.9 Å². The normalized spacial score (nSPS) is 10.2. The molecular weight excluding hydrogens is 257 g/mol. The molecule has 0 aliphatic rings. The van der Waals surface area contributed by atoms with E-state index in [1.165, 1.54) is 18.5 Å². The molecule has 6 heteroatoms. The van der Waals surface area contributed by atoms with Crippen molar-refractivity contribution in [3.05, 3.63) is 52.7 Å². The van der Waals surface area contributed by atoms with Gasteiger partial charge in [0.15, 0.2) is 5.82 Å². The summed E-state index contributed by atoms with van der Waals surface area (Å²) in [4.78, 5) is 19.4. The molecule has 1 N–H and O–H groups in total. The van der Waals surface area contributed by atoms with Gasteiger partial charge >= 0.3 is 0 Å². The quantitative estimate of drug-likeness (QED) is 0.908. The third-order valence-corrected chi connectivity index (χ3v) is 2.49. The highest BCUT2D eigenvalue weighted by molar-refractivity contribution is 6.29. The Hall–Kier alpha value is -2.01. The molecule has 0 aliphatic heterocycles. The van der Waals surface area contributed by atoms with Gasteiger partial charge in [-0.1, -0.05) is 23.7 Å². The van der Waals surface area contributed by atoms with E-state index in [4.69, 9.17) is 11.6 Å². The highest BCUT2D eigenvalue weighted by Crippen LogP contribution is 2.14. The molecule has 1 amide bonds. The van der Waals surface area contributed by atoms with Gasteiger partial charge in [0.2, 0.25) is 0 Å². The first-order valence-corrected chi connectivity index (χ1v) is 5.50. The number of aryl methyl sites for hydroxylation is 1. The SMILES string of the molecule is Cc1cccc(C(=O)Nc2cnc(Cl)cn2)c1F. The number of hydrogen-bond donors (Lipinski definition) is 1. The molecule has 0 saturated carbocycles. The standard InChI is InChI=1S/C12H9ClFN3O/c1-7-3-2-4-8(11(7)14)12(18)17-10-6-15-9(13)5-16-10/h2-6H,1H3,(H,16,17,18). The van der Waals surface area contributed by atoms with Crippen molar-refractivity contribution in [3.63, 3.8) is 0 Å². The number of hydrogen-bond acceptors (Lipinski definition) is 3. The van der Waals surface area contributed by atoms with Crippen LogP contribution in [0.3, 0.4) is 0 Å². The van der Waals surface area contributed by atoms with Crippen LogP contribution in [0.25, 0.3) is 0 Å². The zero-order chi connectivity index (χ0) is 13.1. The van der Waals surface area contributed by atoms with E-state index in [-0.39, 0.29) is 16.5 Å². The van der Waals surface area contributed by atoms with Crippen molar-refractivity contribution in [2.24, 2.45) is 0 Å². The maximum atomic E-state index is 13.7. The zero-order valence-electron chi connectivity index (χ0n) is 9.45. The van der Waals surface area contributed by atoms with Crippen LogP contribution in [0.2, 0.25) is 5.15 Å². The Kier molecular flexibility index (Phi) is 3.53. The summed E-state index contributed by atoms with van der Waals surface area (Å²) >= 11 is 5.56. The van der Waals surface area contributed by atoms with Crippen molar-refractivity contribution in [1.82, 2.24) is 9.97 Å². The second-order valence-corrected chi connectivity index (χ2v) is 4.00. The fourth-order valence-corrected chi connectivity index (χ4v) is 1.48. The molecule has 92 valence electrons. The average molecular weight is 266 g/mol. The van der Waals surface area contributed by atoms with Crippen molar-refractivity contribution < 1.29 is 9.18 Å². The Balaban J connectivity index is 2.22. The molecule has 2 rings (SSSR count). The fraction of sp³-hybridized carbons (Fsp3) is 0.0833. The van der Waals surface area contributed by atoms with Gasteiger partial charge in [0.1, 0.15) is 11.0 Å². The number of nitrogens with zero attached hydrogens (tertiary/aromatic N) is 2. The van der Waals surface area contributed by atoms with Crippen LogP contribution >= 0.6 is 11.6 Å². The van der Waals surface area contributed by atoms with E-state index < -0.39 is 11.7 Å². The first-order valence-electron chi connectivity index (χ1n) is 5.12.